The van der Waals surface area contributed by atoms with Gasteiger partial charge >= 0.3 is 1.43 Å². The Labute approximate surface area is 72.5 Å². The second-order valence-electron chi connectivity index (χ2n) is 2.18. The number of nitriles is 1. The molecule has 56 valence electrons. The summed E-state index contributed by atoms with van der Waals surface area (Å²) in [6.07, 6.45) is 0.985. The Morgan fingerprint density at radius 2 is 2.09 bits per heavy atom. The molecule has 0 aromatic heterocycles. The van der Waals surface area contributed by atoms with E-state index in [1.807, 2.05) is 18.2 Å². The molecule has 1 nitrogen and oxygen atoms in total. The smallest absolute Gasteiger partial charge is 0.185 e. The fraction of sp³-hybridized carbons (Fsp3) is 0.222. The lowest BCUT2D eigenvalue weighted by molar-refractivity contribution is 1.16. The lowest BCUT2D eigenvalue weighted by Crippen LogP contribution is -1.85. The molecule has 0 unspecified atom stereocenters. The Bertz CT molecular complexity index is 242. The fourth-order valence-electron chi connectivity index (χ4n) is 0.859. The predicted octanol–water partition coefficient (Wildman–Crippen LogP) is 2.56. The van der Waals surface area contributed by atoms with E-state index in [-0.39, 0.29) is 1.43 Å². The summed E-state index contributed by atoms with van der Waals surface area (Å²) in [5, 5.41) is 10.3. The van der Waals surface area contributed by atoms with Gasteiger partial charge in [0.05, 0.1) is 0 Å². The third-order valence-electron chi connectivity index (χ3n) is 1.40. The van der Waals surface area contributed by atoms with Gasteiger partial charge in [0.15, 0.2) is 0 Å². The topological polar surface area (TPSA) is 23.8 Å². The minimum Gasteiger partial charge on any atom is -0.185 e. The zero-order chi connectivity index (χ0) is 7.94. The van der Waals surface area contributed by atoms with E-state index >= 15 is 0 Å². The molecule has 0 N–H and O–H groups in total. The molecule has 0 aliphatic carbocycles. The first kappa shape index (κ1) is 8.16. The van der Waals surface area contributed by atoms with Crippen LogP contribution in [0.25, 0.3) is 0 Å². The van der Waals surface area contributed by atoms with Gasteiger partial charge in [0.1, 0.15) is 5.40 Å². The number of hydrogen-bond acceptors (Lipinski definition) is 2. The van der Waals surface area contributed by atoms with Crippen molar-refractivity contribution in [2.24, 2.45) is 0 Å². The van der Waals surface area contributed by atoms with Gasteiger partial charge < -0.3 is 0 Å². The molecule has 0 aliphatic rings. The Hall–Kier alpha value is -0.940. The molecule has 11 heavy (non-hydrogen) atoms. The van der Waals surface area contributed by atoms with Crippen LogP contribution in [-0.2, 0) is 6.42 Å². The number of hydrogen-bond donors (Lipinski definition) is 0. The van der Waals surface area contributed by atoms with Crippen LogP contribution in [0.15, 0.2) is 30.3 Å². The molecule has 1 aromatic carbocycles. The van der Waals surface area contributed by atoms with Crippen LogP contribution in [0.5, 0.6) is 0 Å². The van der Waals surface area contributed by atoms with E-state index in [1.54, 1.807) is 0 Å². The molecular weight excluding hydrogens is 154 g/mol. The van der Waals surface area contributed by atoms with Crippen LogP contribution < -0.4 is 0 Å². The van der Waals surface area contributed by atoms with Gasteiger partial charge in [0.25, 0.3) is 0 Å². The van der Waals surface area contributed by atoms with E-state index in [0.717, 1.165) is 12.2 Å². The summed E-state index contributed by atoms with van der Waals surface area (Å²) in [5.74, 6) is 0.889. The molecule has 0 saturated heterocycles. The van der Waals surface area contributed by atoms with E-state index in [0.29, 0.717) is 0 Å². The normalized spacial score (nSPS) is 9.00. The standard InChI is InChI=1S/C9H9NS/c10-8-11-7-6-9-4-2-1-3-5-9/h1-5H,6-7H2/p+1. The highest BCUT2D eigenvalue weighted by molar-refractivity contribution is 8.03. The third-order valence-corrected chi connectivity index (χ3v) is 1.94. The lowest BCUT2D eigenvalue weighted by Gasteiger charge is -1.95. The van der Waals surface area contributed by atoms with Crippen molar-refractivity contribution in [2.45, 2.75) is 6.42 Å². The van der Waals surface area contributed by atoms with Crippen LogP contribution in [0.1, 0.15) is 6.99 Å². The van der Waals surface area contributed by atoms with E-state index < -0.39 is 0 Å². The summed E-state index contributed by atoms with van der Waals surface area (Å²) in [6, 6.07) is 10.2. The lowest BCUT2D eigenvalue weighted by atomic mass is 10.2. The van der Waals surface area contributed by atoms with Crippen molar-refractivity contribution in [3.63, 3.8) is 0 Å². The molecule has 0 saturated carbocycles. The van der Waals surface area contributed by atoms with Crippen molar-refractivity contribution in [1.82, 2.24) is 0 Å². The Kier molecular flexibility index (Phi) is 3.57. The third kappa shape index (κ3) is 3.10. The van der Waals surface area contributed by atoms with Crippen molar-refractivity contribution in [2.75, 3.05) is 5.75 Å². The minimum atomic E-state index is 0. The van der Waals surface area contributed by atoms with E-state index in [1.165, 1.54) is 17.3 Å². The number of benzene rings is 1. The SMILES string of the molecule is N#CSCCc1ccccc1.[H+]. The largest absolute Gasteiger partial charge is 1.00 e. The second kappa shape index (κ2) is 4.81. The van der Waals surface area contributed by atoms with Crippen LogP contribution in [0.3, 0.4) is 0 Å². The van der Waals surface area contributed by atoms with Gasteiger partial charge in [0.2, 0.25) is 0 Å². The minimum absolute atomic E-state index is 0. The highest BCUT2D eigenvalue weighted by Gasteiger charge is 1.89. The van der Waals surface area contributed by atoms with Crippen LogP contribution in [0.2, 0.25) is 0 Å². The maximum Gasteiger partial charge on any atom is 1.00 e. The molecule has 0 bridgehead atoms. The number of nitrogens with zero attached hydrogens (tertiary/aromatic N) is 1. The van der Waals surface area contributed by atoms with Gasteiger partial charge in [-0.2, -0.15) is 5.26 Å². The summed E-state index contributed by atoms with van der Waals surface area (Å²) < 4.78 is 0. The molecule has 0 radical (unpaired) electrons. The fourth-order valence-corrected chi connectivity index (χ4v) is 1.29. The molecule has 0 spiro atoms. The predicted molar refractivity (Wildman–Crippen MR) is 49.3 cm³/mol. The van der Waals surface area contributed by atoms with Crippen LogP contribution in [-0.4, -0.2) is 5.75 Å². The van der Waals surface area contributed by atoms with E-state index in [2.05, 4.69) is 17.5 Å². The number of aryl methyl sites for hydroxylation is 1. The summed E-state index contributed by atoms with van der Waals surface area (Å²) in [5.41, 5.74) is 1.30. The Balaban J connectivity index is 0.00000121. The number of thiocyanates is 1. The molecule has 0 fully saturated rings. The number of rotatable bonds is 3. The Morgan fingerprint density at radius 3 is 2.73 bits per heavy atom. The van der Waals surface area contributed by atoms with Crippen LogP contribution in [0, 0.1) is 10.7 Å². The summed E-state index contributed by atoms with van der Waals surface area (Å²) in [7, 11) is 0. The zero-order valence-electron chi connectivity index (χ0n) is 7.16. The maximum absolute atomic E-state index is 8.26. The summed E-state index contributed by atoms with van der Waals surface area (Å²) in [6.45, 7) is 0. The summed E-state index contributed by atoms with van der Waals surface area (Å²) >= 11 is 1.31. The van der Waals surface area contributed by atoms with Crippen molar-refractivity contribution in [3.8, 4) is 5.40 Å². The Morgan fingerprint density at radius 1 is 1.36 bits per heavy atom. The first-order chi connectivity index (χ1) is 5.43. The van der Waals surface area contributed by atoms with E-state index in [9.17, 15) is 0 Å². The maximum atomic E-state index is 8.26. The second-order valence-corrected chi connectivity index (χ2v) is 3.05. The summed E-state index contributed by atoms with van der Waals surface area (Å²) in [4.78, 5) is 0. The van der Waals surface area contributed by atoms with Gasteiger partial charge in [-0.25, -0.2) is 0 Å². The van der Waals surface area contributed by atoms with Crippen molar-refractivity contribution in [3.05, 3.63) is 35.9 Å². The van der Waals surface area contributed by atoms with Gasteiger partial charge in [-0.1, -0.05) is 30.3 Å². The molecule has 0 atom stereocenters. The van der Waals surface area contributed by atoms with Gasteiger partial charge in [-0.05, 0) is 23.7 Å². The highest BCUT2D eigenvalue weighted by Crippen LogP contribution is 2.04. The van der Waals surface area contributed by atoms with Gasteiger partial charge in [-0.3, -0.25) is 0 Å². The van der Waals surface area contributed by atoms with Gasteiger partial charge in [-0.15, -0.1) is 0 Å². The van der Waals surface area contributed by atoms with Gasteiger partial charge in [0, 0.05) is 5.75 Å². The van der Waals surface area contributed by atoms with Crippen molar-refractivity contribution >= 4 is 11.8 Å². The molecule has 0 aliphatic heterocycles. The molecular formula is C9H10NS+. The quantitative estimate of drug-likeness (QED) is 0.506. The first-order valence-electron chi connectivity index (χ1n) is 3.48. The number of thioether (sulfide) groups is 1. The van der Waals surface area contributed by atoms with E-state index in [4.69, 9.17) is 5.26 Å². The molecule has 2 heteroatoms. The molecule has 1 rings (SSSR count). The average molecular weight is 164 g/mol. The monoisotopic (exact) mass is 164 g/mol. The van der Waals surface area contributed by atoms with Crippen molar-refractivity contribution in [1.29, 1.82) is 5.26 Å². The first-order valence-corrected chi connectivity index (χ1v) is 4.47. The molecule has 0 heterocycles. The zero-order valence-corrected chi connectivity index (χ0v) is 6.97. The highest BCUT2D eigenvalue weighted by atomic mass is 32.2. The van der Waals surface area contributed by atoms with Crippen LogP contribution >= 0.6 is 11.8 Å². The van der Waals surface area contributed by atoms with Crippen LogP contribution in [0.4, 0.5) is 0 Å². The molecule has 0 amide bonds. The van der Waals surface area contributed by atoms with Crippen molar-refractivity contribution < 1.29 is 1.43 Å². The molecule has 1 aromatic rings. The average Bonchev–Trinajstić information content (AvgIpc) is 2.07.